The van der Waals surface area contributed by atoms with Crippen LogP contribution >= 0.6 is 0 Å². The van der Waals surface area contributed by atoms with Gasteiger partial charge in [0.15, 0.2) is 0 Å². The first-order valence-corrected chi connectivity index (χ1v) is 4.98. The topological polar surface area (TPSA) is 75.4 Å². The zero-order valence-electron chi connectivity index (χ0n) is 8.45. The van der Waals surface area contributed by atoms with Gasteiger partial charge in [-0.25, -0.2) is 5.84 Å². The number of carbonyl (C=O) groups excluding carboxylic acids is 2. The number of nitrogens with zero attached hydrogens (tertiary/aromatic N) is 1. The van der Waals surface area contributed by atoms with Crippen molar-refractivity contribution in [2.75, 3.05) is 6.54 Å². The molecule has 1 fully saturated rings. The van der Waals surface area contributed by atoms with Gasteiger partial charge in [-0.15, -0.1) is 0 Å². The summed E-state index contributed by atoms with van der Waals surface area (Å²) < 4.78 is 0. The molecular formula is C9H17N3O2. The number of amides is 2. The molecule has 1 rings (SSSR count). The zero-order valence-corrected chi connectivity index (χ0v) is 8.45. The van der Waals surface area contributed by atoms with Crippen molar-refractivity contribution in [3.05, 3.63) is 0 Å². The largest absolute Gasteiger partial charge is 0.332 e. The van der Waals surface area contributed by atoms with Crippen molar-refractivity contribution >= 4 is 11.8 Å². The number of hydrogen-bond donors (Lipinski definition) is 2. The Bertz CT molecular complexity index is 230. The number of carbonyl (C=O) groups is 2. The van der Waals surface area contributed by atoms with Gasteiger partial charge < -0.3 is 4.90 Å². The highest BCUT2D eigenvalue weighted by atomic mass is 16.2. The van der Waals surface area contributed by atoms with Gasteiger partial charge in [0.2, 0.25) is 0 Å². The van der Waals surface area contributed by atoms with Crippen LogP contribution in [0.3, 0.4) is 0 Å². The fourth-order valence-corrected chi connectivity index (χ4v) is 1.77. The third-order valence-electron chi connectivity index (χ3n) is 2.64. The lowest BCUT2D eigenvalue weighted by atomic mass is 10.1. The molecule has 0 spiro atoms. The minimum absolute atomic E-state index is 0.141. The highest BCUT2D eigenvalue weighted by Gasteiger charge is 2.26. The molecule has 3 N–H and O–H groups in total. The predicted molar refractivity (Wildman–Crippen MR) is 52.0 cm³/mol. The first-order valence-electron chi connectivity index (χ1n) is 4.98. The molecular weight excluding hydrogens is 182 g/mol. The summed E-state index contributed by atoms with van der Waals surface area (Å²) in [6.07, 6.45) is 4.17. The molecule has 80 valence electrons. The van der Waals surface area contributed by atoms with Crippen molar-refractivity contribution in [1.29, 1.82) is 0 Å². The first kappa shape index (κ1) is 11.0. The van der Waals surface area contributed by atoms with Gasteiger partial charge in [0, 0.05) is 12.6 Å². The van der Waals surface area contributed by atoms with E-state index in [1.165, 1.54) is 0 Å². The monoisotopic (exact) mass is 199 g/mol. The van der Waals surface area contributed by atoms with Crippen LogP contribution < -0.4 is 11.3 Å². The number of hydrogen-bond acceptors (Lipinski definition) is 3. The zero-order chi connectivity index (χ0) is 10.6. The van der Waals surface area contributed by atoms with Crippen molar-refractivity contribution in [2.24, 2.45) is 5.84 Å². The maximum Gasteiger partial charge on any atom is 0.323 e. The Kier molecular flexibility index (Phi) is 3.88. The van der Waals surface area contributed by atoms with Crippen LogP contribution in [0.4, 0.5) is 0 Å². The van der Waals surface area contributed by atoms with Crippen molar-refractivity contribution in [1.82, 2.24) is 10.3 Å². The predicted octanol–water partition coefficient (Wildman–Crippen LogP) is -0.233. The van der Waals surface area contributed by atoms with Crippen LogP contribution in [0.5, 0.6) is 0 Å². The van der Waals surface area contributed by atoms with Crippen LogP contribution in [0.25, 0.3) is 0 Å². The molecule has 1 aliphatic rings. The molecule has 1 atom stereocenters. The van der Waals surface area contributed by atoms with Crippen molar-refractivity contribution in [3.63, 3.8) is 0 Å². The molecule has 1 heterocycles. The summed E-state index contributed by atoms with van der Waals surface area (Å²) in [5, 5.41) is 0. The molecule has 2 amide bonds. The third kappa shape index (κ3) is 2.45. The summed E-state index contributed by atoms with van der Waals surface area (Å²) >= 11 is 0. The van der Waals surface area contributed by atoms with Gasteiger partial charge in [0.1, 0.15) is 0 Å². The number of hydrazine groups is 1. The van der Waals surface area contributed by atoms with E-state index < -0.39 is 11.8 Å². The van der Waals surface area contributed by atoms with E-state index in [4.69, 9.17) is 5.84 Å². The molecule has 0 aromatic rings. The average Bonchev–Trinajstić information content (AvgIpc) is 2.40. The summed E-state index contributed by atoms with van der Waals surface area (Å²) in [4.78, 5) is 24.2. The molecule has 14 heavy (non-hydrogen) atoms. The molecule has 1 saturated heterocycles. The van der Waals surface area contributed by atoms with Gasteiger partial charge in [-0.3, -0.25) is 15.0 Å². The van der Waals surface area contributed by atoms with Crippen molar-refractivity contribution < 1.29 is 9.59 Å². The van der Waals surface area contributed by atoms with E-state index in [1.807, 2.05) is 12.3 Å². The molecule has 0 bridgehead atoms. The van der Waals surface area contributed by atoms with Gasteiger partial charge in [0.25, 0.3) is 0 Å². The Balaban J connectivity index is 2.63. The first-order chi connectivity index (χ1) is 6.66. The van der Waals surface area contributed by atoms with Crippen LogP contribution in [0.15, 0.2) is 0 Å². The average molecular weight is 199 g/mol. The van der Waals surface area contributed by atoms with E-state index in [0.717, 1.165) is 25.7 Å². The van der Waals surface area contributed by atoms with E-state index >= 15 is 0 Å². The lowest BCUT2D eigenvalue weighted by Gasteiger charge is -2.25. The molecule has 0 aromatic heterocycles. The van der Waals surface area contributed by atoms with E-state index in [1.54, 1.807) is 4.90 Å². The summed E-state index contributed by atoms with van der Waals surface area (Å²) in [5.41, 5.74) is 1.87. The van der Waals surface area contributed by atoms with Crippen LogP contribution in [0.1, 0.15) is 32.6 Å². The second-order valence-corrected chi connectivity index (χ2v) is 3.67. The maximum atomic E-state index is 11.5. The number of likely N-dealkylation sites (tertiary alicyclic amines) is 1. The van der Waals surface area contributed by atoms with Gasteiger partial charge in [-0.1, -0.05) is 12.8 Å². The standard InChI is InChI=1S/C9H17N3O2/c1-7-5-3-2-4-6-12(7)9(14)8(13)11-10/h7H,2-6,10H2,1H3,(H,11,13). The normalized spacial score (nSPS) is 22.7. The Labute approximate surface area is 83.6 Å². The molecule has 5 nitrogen and oxygen atoms in total. The molecule has 0 aromatic carbocycles. The fraction of sp³-hybridized carbons (Fsp3) is 0.778. The molecule has 0 saturated carbocycles. The SMILES string of the molecule is CC1CCCCCN1C(=O)C(=O)NN. The Morgan fingerprint density at radius 1 is 1.36 bits per heavy atom. The van der Waals surface area contributed by atoms with Crippen LogP contribution in [0.2, 0.25) is 0 Å². The molecule has 0 radical (unpaired) electrons. The second kappa shape index (κ2) is 4.95. The number of rotatable bonds is 0. The highest BCUT2D eigenvalue weighted by molar-refractivity contribution is 6.34. The van der Waals surface area contributed by atoms with E-state index in [2.05, 4.69) is 0 Å². The minimum atomic E-state index is -0.723. The lowest BCUT2D eigenvalue weighted by Crippen LogP contribution is -2.48. The molecule has 5 heteroatoms. The Hall–Kier alpha value is -1.10. The van der Waals surface area contributed by atoms with E-state index in [9.17, 15) is 9.59 Å². The smallest absolute Gasteiger partial charge is 0.323 e. The Morgan fingerprint density at radius 2 is 2.07 bits per heavy atom. The van der Waals surface area contributed by atoms with E-state index in [-0.39, 0.29) is 6.04 Å². The van der Waals surface area contributed by atoms with Crippen molar-refractivity contribution in [3.8, 4) is 0 Å². The summed E-state index contributed by atoms with van der Waals surface area (Å²) in [7, 11) is 0. The van der Waals surface area contributed by atoms with Crippen LogP contribution in [0, 0.1) is 0 Å². The summed E-state index contributed by atoms with van der Waals surface area (Å²) in [6.45, 7) is 2.63. The van der Waals surface area contributed by atoms with Gasteiger partial charge in [-0.2, -0.15) is 0 Å². The number of nitrogens with two attached hydrogens (primary N) is 1. The van der Waals surface area contributed by atoms with Gasteiger partial charge in [-0.05, 0) is 19.8 Å². The Morgan fingerprint density at radius 3 is 2.71 bits per heavy atom. The van der Waals surface area contributed by atoms with E-state index in [0.29, 0.717) is 6.54 Å². The highest BCUT2D eigenvalue weighted by Crippen LogP contribution is 2.16. The lowest BCUT2D eigenvalue weighted by molar-refractivity contribution is -0.147. The quantitative estimate of drug-likeness (QED) is 0.245. The third-order valence-corrected chi connectivity index (χ3v) is 2.64. The van der Waals surface area contributed by atoms with Crippen LogP contribution in [-0.4, -0.2) is 29.3 Å². The molecule has 0 aliphatic carbocycles. The fourth-order valence-electron chi connectivity index (χ4n) is 1.77. The number of nitrogens with one attached hydrogen (secondary N) is 1. The second-order valence-electron chi connectivity index (χ2n) is 3.67. The van der Waals surface area contributed by atoms with Gasteiger partial charge >= 0.3 is 11.8 Å². The summed E-state index contributed by atoms with van der Waals surface area (Å²) in [6, 6.07) is 0.141. The van der Waals surface area contributed by atoms with Gasteiger partial charge in [0.05, 0.1) is 0 Å². The van der Waals surface area contributed by atoms with Crippen molar-refractivity contribution in [2.45, 2.75) is 38.6 Å². The maximum absolute atomic E-state index is 11.5. The van der Waals surface area contributed by atoms with Crippen LogP contribution in [-0.2, 0) is 9.59 Å². The minimum Gasteiger partial charge on any atom is -0.332 e. The molecule has 1 aliphatic heterocycles. The molecule has 1 unspecified atom stereocenters. The summed E-state index contributed by atoms with van der Waals surface area (Å²) in [5.74, 6) is 3.68.